The Morgan fingerprint density at radius 3 is 0.972 bits per heavy atom. The second-order valence-corrected chi connectivity index (χ2v) is 8.04. The van der Waals surface area contributed by atoms with Crippen LogP contribution in [0.25, 0.3) is 0 Å². The van der Waals surface area contributed by atoms with Crippen molar-refractivity contribution in [1.82, 2.24) is 15.0 Å². The van der Waals surface area contributed by atoms with Crippen molar-refractivity contribution in [2.75, 3.05) is 16.0 Å². The molecule has 4 aromatic rings. The average molecular weight is 481 g/mol. The molecule has 0 fully saturated rings. The Kier molecular flexibility index (Phi) is 8.06. The molecule has 3 N–H and O–H groups in total. The molecule has 0 aliphatic carbocycles. The zero-order valence-corrected chi connectivity index (χ0v) is 19.3. The molecule has 0 bridgehead atoms. The number of nitrogens with one attached hydrogen (secondary N) is 3. The molecule has 0 unspecified atom stereocenters. The first-order valence-corrected chi connectivity index (χ1v) is 11.2. The van der Waals surface area contributed by atoms with E-state index in [1.54, 1.807) is 73.6 Å². The van der Waals surface area contributed by atoms with Crippen LogP contribution in [-0.2, 0) is 33.6 Å². The third kappa shape index (κ3) is 7.56. The van der Waals surface area contributed by atoms with Gasteiger partial charge in [-0.2, -0.15) is 0 Å². The van der Waals surface area contributed by atoms with Gasteiger partial charge in [-0.3, -0.25) is 29.3 Å². The second-order valence-electron chi connectivity index (χ2n) is 8.04. The fourth-order valence-electron chi connectivity index (χ4n) is 3.62. The van der Waals surface area contributed by atoms with Crippen molar-refractivity contribution in [1.29, 1.82) is 0 Å². The first kappa shape index (κ1) is 24.2. The van der Waals surface area contributed by atoms with Gasteiger partial charge in [0.15, 0.2) is 0 Å². The van der Waals surface area contributed by atoms with Crippen LogP contribution in [0.2, 0.25) is 0 Å². The van der Waals surface area contributed by atoms with E-state index in [4.69, 9.17) is 0 Å². The van der Waals surface area contributed by atoms with Gasteiger partial charge in [-0.15, -0.1) is 0 Å². The van der Waals surface area contributed by atoms with Crippen LogP contribution in [0.4, 0.5) is 17.1 Å². The molecule has 4 rings (SSSR count). The van der Waals surface area contributed by atoms with Crippen molar-refractivity contribution in [3.05, 3.63) is 108 Å². The fraction of sp³-hybridized carbons (Fsp3) is 0.111. The van der Waals surface area contributed by atoms with Crippen LogP contribution in [0.1, 0.15) is 16.7 Å². The number of benzene rings is 1. The van der Waals surface area contributed by atoms with E-state index in [-0.39, 0.29) is 37.0 Å². The van der Waals surface area contributed by atoms with Crippen LogP contribution >= 0.6 is 0 Å². The maximum atomic E-state index is 12.6. The first-order valence-electron chi connectivity index (χ1n) is 11.2. The van der Waals surface area contributed by atoms with E-state index >= 15 is 0 Å². The highest BCUT2D eigenvalue weighted by molar-refractivity contribution is 5.94. The number of rotatable bonds is 9. The van der Waals surface area contributed by atoms with Gasteiger partial charge in [-0.05, 0) is 53.1 Å². The van der Waals surface area contributed by atoms with Gasteiger partial charge in [0.2, 0.25) is 17.7 Å². The van der Waals surface area contributed by atoms with Crippen LogP contribution in [0.3, 0.4) is 0 Å². The van der Waals surface area contributed by atoms with Gasteiger partial charge in [0.05, 0.1) is 19.3 Å². The molecule has 0 saturated carbocycles. The van der Waals surface area contributed by atoms with E-state index < -0.39 is 0 Å². The molecule has 36 heavy (non-hydrogen) atoms. The summed E-state index contributed by atoms with van der Waals surface area (Å²) in [7, 11) is 0. The Balaban J connectivity index is 1.49. The molecule has 0 saturated heterocycles. The first-order chi connectivity index (χ1) is 17.5. The fourth-order valence-corrected chi connectivity index (χ4v) is 3.62. The van der Waals surface area contributed by atoms with Gasteiger partial charge in [0.1, 0.15) is 0 Å². The Labute approximate surface area is 208 Å². The largest absolute Gasteiger partial charge is 0.326 e. The molecule has 3 amide bonds. The molecule has 0 atom stereocenters. The lowest BCUT2D eigenvalue weighted by molar-refractivity contribution is -0.116. The molecule has 1 aromatic carbocycles. The normalized spacial score (nSPS) is 10.3. The topological polar surface area (TPSA) is 126 Å². The number of carbonyl (C=O) groups is 3. The van der Waals surface area contributed by atoms with E-state index in [2.05, 4.69) is 30.9 Å². The number of hydrogen-bond donors (Lipinski definition) is 3. The van der Waals surface area contributed by atoms with Crippen molar-refractivity contribution in [2.45, 2.75) is 19.3 Å². The number of carbonyl (C=O) groups excluding carboxylic acids is 3. The third-order valence-corrected chi connectivity index (χ3v) is 5.10. The summed E-state index contributed by atoms with van der Waals surface area (Å²) < 4.78 is 0. The standard InChI is InChI=1S/C27H24N6O3/c34-25(31-22-1-7-28-8-2-22)16-19-13-20(17-26(35)32-23-3-9-29-10-4-23)15-21(14-19)18-27(36)33-24-5-11-30-12-6-24/h1-15H,16-18H2,(H,28,31,34)(H,29,32,35)(H,30,33,36). The van der Waals surface area contributed by atoms with Gasteiger partial charge < -0.3 is 16.0 Å². The molecule has 180 valence electrons. The maximum Gasteiger partial charge on any atom is 0.228 e. The zero-order valence-electron chi connectivity index (χ0n) is 19.3. The third-order valence-electron chi connectivity index (χ3n) is 5.10. The quantitative estimate of drug-likeness (QED) is 0.337. The van der Waals surface area contributed by atoms with E-state index in [0.717, 1.165) is 0 Å². The summed E-state index contributed by atoms with van der Waals surface area (Å²) in [6.45, 7) is 0. The van der Waals surface area contributed by atoms with Crippen molar-refractivity contribution >= 4 is 34.8 Å². The second kappa shape index (κ2) is 12.0. The van der Waals surface area contributed by atoms with Gasteiger partial charge in [0, 0.05) is 54.2 Å². The number of pyridine rings is 3. The van der Waals surface area contributed by atoms with Crippen LogP contribution < -0.4 is 16.0 Å². The Morgan fingerprint density at radius 2 is 0.722 bits per heavy atom. The van der Waals surface area contributed by atoms with E-state index in [1.165, 1.54) is 0 Å². The van der Waals surface area contributed by atoms with E-state index in [1.807, 2.05) is 18.2 Å². The smallest absolute Gasteiger partial charge is 0.228 e. The lowest BCUT2D eigenvalue weighted by atomic mass is 9.99. The summed E-state index contributed by atoms with van der Waals surface area (Å²) in [5.41, 5.74) is 4.01. The van der Waals surface area contributed by atoms with Crippen LogP contribution in [-0.4, -0.2) is 32.7 Å². The molecule has 3 heterocycles. The SMILES string of the molecule is O=C(Cc1cc(CC(=O)Nc2ccncc2)cc(CC(=O)Nc2ccncc2)c1)Nc1ccncc1. The Hall–Kier alpha value is -4.92. The van der Waals surface area contributed by atoms with Gasteiger partial charge in [-0.25, -0.2) is 0 Å². The number of anilines is 3. The highest BCUT2D eigenvalue weighted by Gasteiger charge is 2.12. The molecule has 3 aromatic heterocycles. The molecule has 0 aliphatic heterocycles. The highest BCUT2D eigenvalue weighted by Crippen LogP contribution is 2.16. The number of aromatic nitrogens is 3. The van der Waals surface area contributed by atoms with Crippen molar-refractivity contribution in [2.24, 2.45) is 0 Å². The lowest BCUT2D eigenvalue weighted by Gasteiger charge is -2.11. The number of amides is 3. The summed E-state index contributed by atoms with van der Waals surface area (Å²) >= 11 is 0. The molecular formula is C27H24N6O3. The van der Waals surface area contributed by atoms with Crippen LogP contribution in [0.15, 0.2) is 91.8 Å². The minimum absolute atomic E-state index is 0.0844. The van der Waals surface area contributed by atoms with Gasteiger partial charge >= 0.3 is 0 Å². The molecule has 0 radical (unpaired) electrons. The summed E-state index contributed by atoms with van der Waals surface area (Å²) in [4.78, 5) is 49.7. The van der Waals surface area contributed by atoms with E-state index in [0.29, 0.717) is 33.8 Å². The predicted octanol–water partition coefficient (Wildman–Crippen LogP) is 3.42. The lowest BCUT2D eigenvalue weighted by Crippen LogP contribution is -2.18. The van der Waals surface area contributed by atoms with Crippen LogP contribution in [0.5, 0.6) is 0 Å². The predicted molar refractivity (Wildman–Crippen MR) is 136 cm³/mol. The Morgan fingerprint density at radius 1 is 0.472 bits per heavy atom. The zero-order chi connectivity index (χ0) is 25.2. The molecular weight excluding hydrogens is 456 g/mol. The minimum Gasteiger partial charge on any atom is -0.326 e. The number of hydrogen-bond acceptors (Lipinski definition) is 6. The molecule has 0 aliphatic rings. The average Bonchev–Trinajstić information content (AvgIpc) is 2.85. The summed E-state index contributed by atoms with van der Waals surface area (Å²) in [5, 5.41) is 8.48. The van der Waals surface area contributed by atoms with Crippen LogP contribution in [0, 0.1) is 0 Å². The molecule has 9 nitrogen and oxygen atoms in total. The maximum absolute atomic E-state index is 12.6. The summed E-state index contributed by atoms with van der Waals surface area (Å²) in [6, 6.07) is 15.6. The molecule has 0 spiro atoms. The van der Waals surface area contributed by atoms with E-state index in [9.17, 15) is 14.4 Å². The van der Waals surface area contributed by atoms with Crippen molar-refractivity contribution in [3.8, 4) is 0 Å². The summed E-state index contributed by atoms with van der Waals surface area (Å²) in [6.07, 6.45) is 9.82. The number of nitrogens with zero attached hydrogens (tertiary/aromatic N) is 3. The summed E-state index contributed by atoms with van der Waals surface area (Å²) in [5.74, 6) is -0.648. The van der Waals surface area contributed by atoms with Crippen molar-refractivity contribution < 1.29 is 14.4 Å². The van der Waals surface area contributed by atoms with Gasteiger partial charge in [-0.1, -0.05) is 18.2 Å². The highest BCUT2D eigenvalue weighted by atomic mass is 16.2. The van der Waals surface area contributed by atoms with Gasteiger partial charge in [0.25, 0.3) is 0 Å². The Bertz CT molecular complexity index is 1150. The van der Waals surface area contributed by atoms with Crippen molar-refractivity contribution in [3.63, 3.8) is 0 Å². The molecule has 9 heteroatoms. The monoisotopic (exact) mass is 480 g/mol. The minimum atomic E-state index is -0.216.